The third-order valence-corrected chi connectivity index (χ3v) is 3.63. The zero-order valence-electron chi connectivity index (χ0n) is 12.8. The van der Waals surface area contributed by atoms with Crippen molar-refractivity contribution < 1.29 is 19.4 Å². The molecule has 0 fully saturated rings. The number of carboxylic acid groups (broad SMARTS) is 1. The monoisotopic (exact) mass is 293 g/mol. The minimum Gasteiger partial charge on any atom is -0.494 e. The molecular weight excluding hydrogens is 270 g/mol. The highest BCUT2D eigenvalue weighted by molar-refractivity contribution is 5.95. The van der Waals surface area contributed by atoms with Crippen molar-refractivity contribution in [2.45, 2.75) is 45.6 Å². The number of carbonyl (C=O) groups is 2. The van der Waals surface area contributed by atoms with E-state index >= 15 is 0 Å². The molecule has 5 nitrogen and oxygen atoms in total. The number of benzene rings is 1. The van der Waals surface area contributed by atoms with E-state index in [1.807, 2.05) is 20.8 Å². The van der Waals surface area contributed by atoms with E-state index < -0.39 is 11.5 Å². The van der Waals surface area contributed by atoms with Gasteiger partial charge >= 0.3 is 5.97 Å². The molecule has 0 saturated carbocycles. The van der Waals surface area contributed by atoms with Gasteiger partial charge in [-0.2, -0.15) is 0 Å². The Hall–Kier alpha value is -2.04. The molecule has 1 rings (SSSR count). The predicted octanol–water partition coefficient (Wildman–Crippen LogP) is 2.85. The van der Waals surface area contributed by atoms with Crippen LogP contribution in [-0.2, 0) is 4.79 Å². The summed E-state index contributed by atoms with van der Waals surface area (Å²) in [5.41, 5.74) is -0.248. The molecule has 5 heteroatoms. The first-order chi connectivity index (χ1) is 9.96. The van der Waals surface area contributed by atoms with E-state index in [1.54, 1.807) is 24.3 Å². The Morgan fingerprint density at radius 1 is 1.24 bits per heavy atom. The highest BCUT2D eigenvalue weighted by Gasteiger charge is 2.31. The Morgan fingerprint density at radius 3 is 2.43 bits per heavy atom. The third-order valence-electron chi connectivity index (χ3n) is 3.63. The van der Waals surface area contributed by atoms with Crippen LogP contribution in [-0.4, -0.2) is 29.1 Å². The van der Waals surface area contributed by atoms with Gasteiger partial charge in [-0.3, -0.25) is 9.59 Å². The van der Waals surface area contributed by atoms with Gasteiger partial charge in [0, 0.05) is 5.56 Å². The van der Waals surface area contributed by atoms with E-state index in [-0.39, 0.29) is 12.3 Å². The molecule has 0 bridgehead atoms. The number of hydrogen-bond acceptors (Lipinski definition) is 3. The number of aliphatic carboxylic acids is 1. The smallest absolute Gasteiger partial charge is 0.305 e. The van der Waals surface area contributed by atoms with Crippen molar-refractivity contribution in [2.24, 2.45) is 0 Å². The van der Waals surface area contributed by atoms with Crippen molar-refractivity contribution in [3.8, 4) is 5.75 Å². The minimum absolute atomic E-state index is 0.0864. The molecule has 0 aliphatic rings. The van der Waals surface area contributed by atoms with Gasteiger partial charge in [0.25, 0.3) is 5.91 Å². The zero-order chi connectivity index (χ0) is 15.9. The Bertz CT molecular complexity index is 495. The highest BCUT2D eigenvalue weighted by atomic mass is 16.5. The number of carboxylic acids is 1. The van der Waals surface area contributed by atoms with Crippen LogP contribution in [0, 0.1) is 0 Å². The van der Waals surface area contributed by atoms with Gasteiger partial charge in [-0.1, -0.05) is 19.9 Å². The second kappa shape index (κ2) is 7.67. The van der Waals surface area contributed by atoms with Gasteiger partial charge in [0.15, 0.2) is 0 Å². The molecule has 0 atom stereocenters. The molecular formula is C16H23NO4. The second-order valence-electron chi connectivity index (χ2n) is 4.97. The Morgan fingerprint density at radius 2 is 1.90 bits per heavy atom. The molecule has 0 spiro atoms. The van der Waals surface area contributed by atoms with Crippen molar-refractivity contribution in [1.29, 1.82) is 0 Å². The van der Waals surface area contributed by atoms with Gasteiger partial charge < -0.3 is 15.2 Å². The molecule has 0 saturated heterocycles. The topological polar surface area (TPSA) is 75.6 Å². The van der Waals surface area contributed by atoms with Gasteiger partial charge in [0.05, 0.1) is 18.6 Å². The fourth-order valence-electron chi connectivity index (χ4n) is 2.22. The molecule has 1 aromatic carbocycles. The van der Waals surface area contributed by atoms with Crippen molar-refractivity contribution in [3.63, 3.8) is 0 Å². The minimum atomic E-state index is -0.915. The number of carbonyl (C=O) groups excluding carboxylic acids is 1. The molecule has 21 heavy (non-hydrogen) atoms. The maximum absolute atomic E-state index is 12.4. The molecule has 0 unspecified atom stereocenters. The van der Waals surface area contributed by atoms with E-state index in [1.165, 1.54) is 0 Å². The summed E-state index contributed by atoms with van der Waals surface area (Å²) in [5.74, 6) is -0.564. The van der Waals surface area contributed by atoms with Crippen LogP contribution >= 0.6 is 0 Å². The van der Waals surface area contributed by atoms with Gasteiger partial charge in [-0.25, -0.2) is 0 Å². The lowest BCUT2D eigenvalue weighted by atomic mass is 9.88. The number of rotatable bonds is 8. The Kier molecular flexibility index (Phi) is 6.21. The Labute approximate surface area is 125 Å². The summed E-state index contributed by atoms with van der Waals surface area (Å²) in [4.78, 5) is 23.4. The van der Waals surface area contributed by atoms with Gasteiger partial charge in [-0.05, 0) is 38.0 Å². The van der Waals surface area contributed by atoms with Crippen LogP contribution < -0.4 is 10.1 Å². The van der Waals surface area contributed by atoms with Crippen LogP contribution in [0.4, 0.5) is 0 Å². The van der Waals surface area contributed by atoms with Crippen molar-refractivity contribution in [1.82, 2.24) is 5.32 Å². The number of amides is 1. The summed E-state index contributed by atoms with van der Waals surface area (Å²) in [6, 6.07) is 6.88. The molecule has 0 aliphatic carbocycles. The lowest BCUT2D eigenvalue weighted by molar-refractivity contribution is -0.138. The summed E-state index contributed by atoms with van der Waals surface area (Å²) in [7, 11) is 0. The normalized spacial score (nSPS) is 11.0. The fraction of sp³-hybridized carbons (Fsp3) is 0.500. The average molecular weight is 293 g/mol. The third kappa shape index (κ3) is 4.77. The van der Waals surface area contributed by atoms with E-state index in [2.05, 4.69) is 5.32 Å². The first kappa shape index (κ1) is 17.0. The fourth-order valence-corrected chi connectivity index (χ4v) is 2.22. The van der Waals surface area contributed by atoms with Crippen LogP contribution in [0.3, 0.4) is 0 Å². The SMILES string of the molecule is CCOc1cccc(C(=O)NC(CC)(CC)CC(=O)O)c1. The lowest BCUT2D eigenvalue weighted by Crippen LogP contribution is -2.49. The van der Waals surface area contributed by atoms with Crippen LogP contribution in [0.1, 0.15) is 50.4 Å². The Balaban J connectivity index is 2.91. The first-order valence-corrected chi connectivity index (χ1v) is 7.23. The zero-order valence-corrected chi connectivity index (χ0v) is 12.8. The molecule has 1 aromatic rings. The summed E-state index contributed by atoms with van der Waals surface area (Å²) in [6.07, 6.45) is 1.04. The summed E-state index contributed by atoms with van der Waals surface area (Å²) in [5, 5.41) is 11.9. The van der Waals surface area contributed by atoms with Crippen molar-refractivity contribution >= 4 is 11.9 Å². The summed E-state index contributed by atoms with van der Waals surface area (Å²) < 4.78 is 5.37. The van der Waals surface area contributed by atoms with Gasteiger partial charge in [0.2, 0.25) is 0 Å². The summed E-state index contributed by atoms with van der Waals surface area (Å²) >= 11 is 0. The largest absolute Gasteiger partial charge is 0.494 e. The molecule has 116 valence electrons. The van der Waals surface area contributed by atoms with Crippen LogP contribution in [0.15, 0.2) is 24.3 Å². The molecule has 0 aromatic heterocycles. The average Bonchev–Trinajstić information content (AvgIpc) is 2.46. The maximum Gasteiger partial charge on any atom is 0.305 e. The van der Waals surface area contributed by atoms with Crippen LogP contribution in [0.5, 0.6) is 5.75 Å². The highest BCUT2D eigenvalue weighted by Crippen LogP contribution is 2.21. The standard InChI is InChI=1S/C16H23NO4/c1-4-16(5-2,11-14(18)19)17-15(20)12-8-7-9-13(10-12)21-6-3/h7-10H,4-6,11H2,1-3H3,(H,17,20)(H,18,19). The van der Waals surface area contributed by atoms with Gasteiger partial charge in [-0.15, -0.1) is 0 Å². The predicted molar refractivity (Wildman–Crippen MR) is 80.6 cm³/mol. The second-order valence-corrected chi connectivity index (χ2v) is 4.97. The van der Waals surface area contributed by atoms with E-state index in [0.29, 0.717) is 30.8 Å². The molecule has 0 aliphatic heterocycles. The molecule has 1 amide bonds. The van der Waals surface area contributed by atoms with Gasteiger partial charge in [0.1, 0.15) is 5.75 Å². The van der Waals surface area contributed by atoms with Crippen LogP contribution in [0.2, 0.25) is 0 Å². The van der Waals surface area contributed by atoms with Crippen molar-refractivity contribution in [3.05, 3.63) is 29.8 Å². The number of nitrogens with one attached hydrogen (secondary N) is 1. The van der Waals surface area contributed by atoms with Crippen molar-refractivity contribution in [2.75, 3.05) is 6.61 Å². The molecule has 0 heterocycles. The maximum atomic E-state index is 12.4. The van der Waals surface area contributed by atoms with Crippen LogP contribution in [0.25, 0.3) is 0 Å². The van der Waals surface area contributed by atoms with E-state index in [0.717, 1.165) is 0 Å². The summed E-state index contributed by atoms with van der Waals surface area (Å²) in [6.45, 7) is 6.16. The lowest BCUT2D eigenvalue weighted by Gasteiger charge is -2.31. The molecule has 2 N–H and O–H groups in total. The number of hydrogen-bond donors (Lipinski definition) is 2. The number of ether oxygens (including phenoxy) is 1. The quantitative estimate of drug-likeness (QED) is 0.772. The first-order valence-electron chi connectivity index (χ1n) is 7.23. The van der Waals surface area contributed by atoms with E-state index in [4.69, 9.17) is 9.84 Å². The molecule has 0 radical (unpaired) electrons. The van der Waals surface area contributed by atoms with E-state index in [9.17, 15) is 9.59 Å².